The van der Waals surface area contributed by atoms with Gasteiger partial charge in [0.1, 0.15) is 14.6 Å². The molecule has 0 aliphatic heterocycles. The highest BCUT2D eigenvalue weighted by Gasteiger charge is 2.23. The highest BCUT2D eigenvalue weighted by Crippen LogP contribution is 2.01. The maximum Gasteiger partial charge on any atom is 0.186 e. The van der Waals surface area contributed by atoms with Crippen LogP contribution in [0.4, 0.5) is 0 Å². The number of carbonyl (C=O) groups excluding carboxylic acids is 1. The Balaban J connectivity index is 2.11. The van der Waals surface area contributed by atoms with Crippen molar-refractivity contribution in [1.82, 2.24) is 20.2 Å². The minimum Gasteiger partial charge on any atom is -0.292 e. The number of hydrogen-bond acceptors (Lipinski definition) is 4. The second-order valence-electron chi connectivity index (χ2n) is 5.18. The molecule has 2 aromatic rings. The van der Waals surface area contributed by atoms with Crippen LogP contribution < -0.4 is 5.45 Å². The molecule has 0 radical (unpaired) electrons. The zero-order valence-corrected chi connectivity index (χ0v) is 11.8. The highest BCUT2D eigenvalue weighted by molar-refractivity contribution is 6.87. The Labute approximate surface area is 107 Å². The normalized spacial score (nSPS) is 11.5. The summed E-state index contributed by atoms with van der Waals surface area (Å²) in [6.45, 7) is 6.58. The molecular weight excluding hydrogens is 244 g/mol. The first-order chi connectivity index (χ1) is 8.47. The van der Waals surface area contributed by atoms with E-state index in [1.165, 1.54) is 4.80 Å². The van der Waals surface area contributed by atoms with Crippen molar-refractivity contribution >= 4 is 19.3 Å². The molecule has 0 atom stereocenters. The topological polar surface area (TPSA) is 60.7 Å². The van der Waals surface area contributed by atoms with Crippen molar-refractivity contribution in [2.75, 3.05) is 0 Å². The van der Waals surface area contributed by atoms with Crippen LogP contribution in [0, 0.1) is 0 Å². The van der Waals surface area contributed by atoms with Crippen molar-refractivity contribution in [3.8, 4) is 0 Å². The van der Waals surface area contributed by atoms with Crippen molar-refractivity contribution in [2.24, 2.45) is 0 Å². The minimum absolute atomic E-state index is 0.00451. The van der Waals surface area contributed by atoms with Gasteiger partial charge in [-0.3, -0.25) is 4.79 Å². The van der Waals surface area contributed by atoms with Gasteiger partial charge in [0.25, 0.3) is 0 Å². The first kappa shape index (κ1) is 12.6. The van der Waals surface area contributed by atoms with E-state index in [-0.39, 0.29) is 12.3 Å². The molecule has 0 spiro atoms. The molecule has 0 fully saturated rings. The maximum atomic E-state index is 12.0. The maximum absolute atomic E-state index is 12.0. The van der Waals surface area contributed by atoms with E-state index in [1.807, 2.05) is 18.2 Å². The molecule has 0 N–H and O–H groups in total. The van der Waals surface area contributed by atoms with Crippen LogP contribution in [0.3, 0.4) is 0 Å². The van der Waals surface area contributed by atoms with E-state index in [2.05, 4.69) is 35.1 Å². The average molecular weight is 260 g/mol. The zero-order chi connectivity index (χ0) is 13.2. The fourth-order valence-corrected chi connectivity index (χ4v) is 2.21. The van der Waals surface area contributed by atoms with Gasteiger partial charge in [-0.2, -0.15) is 4.80 Å². The van der Waals surface area contributed by atoms with Crippen LogP contribution in [0.1, 0.15) is 10.4 Å². The van der Waals surface area contributed by atoms with Crippen LogP contribution in [-0.4, -0.2) is 34.1 Å². The summed E-state index contributed by atoms with van der Waals surface area (Å²) >= 11 is 0. The van der Waals surface area contributed by atoms with E-state index in [9.17, 15) is 4.79 Å². The van der Waals surface area contributed by atoms with Crippen LogP contribution in [-0.2, 0) is 6.54 Å². The number of ketones is 1. The van der Waals surface area contributed by atoms with E-state index < -0.39 is 8.07 Å². The van der Waals surface area contributed by atoms with E-state index in [4.69, 9.17) is 0 Å². The van der Waals surface area contributed by atoms with E-state index in [1.54, 1.807) is 12.1 Å². The van der Waals surface area contributed by atoms with E-state index in [0.717, 1.165) is 5.45 Å². The second kappa shape index (κ2) is 4.81. The van der Waals surface area contributed by atoms with Gasteiger partial charge in [0.05, 0.1) is 0 Å². The first-order valence-corrected chi connectivity index (χ1v) is 9.33. The number of nitrogens with zero attached hydrogens (tertiary/aromatic N) is 4. The number of aromatic nitrogens is 4. The van der Waals surface area contributed by atoms with Crippen LogP contribution in [0.15, 0.2) is 30.3 Å². The molecule has 5 nitrogen and oxygen atoms in total. The third kappa shape index (κ3) is 2.89. The van der Waals surface area contributed by atoms with Crippen LogP contribution in [0.25, 0.3) is 0 Å². The average Bonchev–Trinajstić information content (AvgIpc) is 2.78. The molecule has 0 aliphatic carbocycles. The summed E-state index contributed by atoms with van der Waals surface area (Å²) in [5.74, 6) is -0.00451. The molecular formula is C12H16N4OSi. The molecule has 1 heterocycles. The predicted octanol–water partition coefficient (Wildman–Crippen LogP) is 1.10. The highest BCUT2D eigenvalue weighted by atomic mass is 28.3. The molecule has 6 heteroatoms. The lowest BCUT2D eigenvalue weighted by Crippen LogP contribution is -2.41. The molecule has 2 rings (SSSR count). The number of hydrogen-bond donors (Lipinski definition) is 0. The van der Waals surface area contributed by atoms with Crippen LogP contribution in [0.2, 0.25) is 19.6 Å². The number of benzene rings is 1. The third-order valence-corrected chi connectivity index (χ3v) is 4.05. The van der Waals surface area contributed by atoms with Crippen molar-refractivity contribution in [2.45, 2.75) is 26.2 Å². The van der Waals surface area contributed by atoms with E-state index in [0.29, 0.717) is 5.56 Å². The smallest absolute Gasteiger partial charge is 0.186 e. The molecule has 0 unspecified atom stereocenters. The SMILES string of the molecule is C[Si](C)(C)c1nnn(CC(=O)c2ccccc2)n1. The van der Waals surface area contributed by atoms with Gasteiger partial charge in [-0.15, -0.1) is 10.2 Å². The number of rotatable bonds is 4. The van der Waals surface area contributed by atoms with Gasteiger partial charge in [-0.1, -0.05) is 50.0 Å². The van der Waals surface area contributed by atoms with Gasteiger partial charge < -0.3 is 0 Å². The fourth-order valence-electron chi connectivity index (χ4n) is 1.45. The fraction of sp³-hybridized carbons (Fsp3) is 0.333. The van der Waals surface area contributed by atoms with Crippen LogP contribution in [0.5, 0.6) is 0 Å². The number of tetrazole rings is 1. The zero-order valence-electron chi connectivity index (χ0n) is 10.8. The molecule has 94 valence electrons. The Kier molecular flexibility index (Phi) is 3.38. The molecule has 0 amide bonds. The Hall–Kier alpha value is -1.82. The molecule has 0 bridgehead atoms. The lowest BCUT2D eigenvalue weighted by molar-refractivity contribution is 0.0961. The summed E-state index contributed by atoms with van der Waals surface area (Å²) in [5, 5.41) is 12.2. The Morgan fingerprint density at radius 3 is 2.44 bits per heavy atom. The molecule has 0 saturated heterocycles. The molecule has 1 aromatic carbocycles. The monoisotopic (exact) mass is 260 g/mol. The summed E-state index contributed by atoms with van der Waals surface area (Å²) in [6.07, 6.45) is 0. The van der Waals surface area contributed by atoms with Gasteiger partial charge in [0.15, 0.2) is 11.2 Å². The second-order valence-corrected chi connectivity index (χ2v) is 10.1. The van der Waals surface area contributed by atoms with Gasteiger partial charge in [-0.25, -0.2) is 0 Å². The Morgan fingerprint density at radius 1 is 1.22 bits per heavy atom. The lowest BCUT2D eigenvalue weighted by atomic mass is 10.1. The van der Waals surface area contributed by atoms with Crippen molar-refractivity contribution in [3.63, 3.8) is 0 Å². The van der Waals surface area contributed by atoms with Crippen molar-refractivity contribution in [1.29, 1.82) is 0 Å². The summed E-state index contributed by atoms with van der Waals surface area (Å²) < 4.78 is 0. The van der Waals surface area contributed by atoms with Crippen LogP contribution >= 0.6 is 0 Å². The summed E-state index contributed by atoms with van der Waals surface area (Å²) in [6, 6.07) is 9.15. The number of carbonyl (C=O) groups is 1. The summed E-state index contributed by atoms with van der Waals surface area (Å²) in [5.41, 5.74) is 1.45. The quantitative estimate of drug-likeness (QED) is 0.610. The lowest BCUT2D eigenvalue weighted by Gasteiger charge is -2.07. The van der Waals surface area contributed by atoms with Crippen molar-refractivity contribution < 1.29 is 4.79 Å². The summed E-state index contributed by atoms with van der Waals surface area (Å²) in [4.78, 5) is 13.3. The van der Waals surface area contributed by atoms with Gasteiger partial charge in [0.2, 0.25) is 0 Å². The van der Waals surface area contributed by atoms with Gasteiger partial charge >= 0.3 is 0 Å². The molecule has 0 saturated carbocycles. The van der Waals surface area contributed by atoms with E-state index >= 15 is 0 Å². The van der Waals surface area contributed by atoms with Crippen molar-refractivity contribution in [3.05, 3.63) is 35.9 Å². The van der Waals surface area contributed by atoms with Gasteiger partial charge in [-0.05, 0) is 5.21 Å². The first-order valence-electron chi connectivity index (χ1n) is 5.83. The third-order valence-electron chi connectivity index (χ3n) is 2.50. The molecule has 18 heavy (non-hydrogen) atoms. The standard InChI is InChI=1S/C12H16N4OSi/c1-18(2,3)12-13-15-16(14-12)9-11(17)10-7-5-4-6-8-10/h4-8H,9H2,1-3H3. The Bertz CT molecular complexity index is 545. The molecule has 0 aliphatic rings. The summed E-state index contributed by atoms with van der Waals surface area (Å²) in [7, 11) is -1.56. The largest absolute Gasteiger partial charge is 0.292 e. The number of Topliss-reactive ketones (excluding diaryl/α,β-unsaturated/α-hetero) is 1. The predicted molar refractivity (Wildman–Crippen MR) is 71.6 cm³/mol. The molecule has 1 aromatic heterocycles. The Morgan fingerprint density at radius 2 is 1.89 bits per heavy atom. The minimum atomic E-state index is -1.56. The van der Waals surface area contributed by atoms with Gasteiger partial charge in [0, 0.05) is 5.56 Å².